The molecule has 1 aliphatic rings. The van der Waals surface area contributed by atoms with E-state index in [0.29, 0.717) is 24.2 Å². The smallest absolute Gasteiger partial charge is 0.326 e. The van der Waals surface area contributed by atoms with Crippen LogP contribution in [-0.2, 0) is 36.8 Å². The highest BCUT2D eigenvalue weighted by Gasteiger charge is 2.33. The molecule has 0 saturated carbocycles. The monoisotopic (exact) mass is 553 g/mol. The van der Waals surface area contributed by atoms with E-state index >= 15 is 0 Å². The van der Waals surface area contributed by atoms with Gasteiger partial charge in [0.05, 0.1) is 18.8 Å². The Labute approximate surface area is 228 Å². The van der Waals surface area contributed by atoms with Gasteiger partial charge in [-0.05, 0) is 31.0 Å². The first-order valence-corrected chi connectivity index (χ1v) is 12.8. The average Bonchev–Trinajstić information content (AvgIpc) is 3.70. The van der Waals surface area contributed by atoms with Crippen LogP contribution in [0.15, 0.2) is 43.0 Å². The summed E-state index contributed by atoms with van der Waals surface area (Å²) in [5.74, 6) is -4.89. The summed E-state index contributed by atoms with van der Waals surface area (Å²) in [4.78, 5) is 72.5. The number of nitrogens with zero attached hydrogens (tertiary/aromatic N) is 1. The van der Waals surface area contributed by atoms with E-state index in [9.17, 15) is 34.2 Å². The highest BCUT2D eigenvalue weighted by Crippen LogP contribution is 2.19. The van der Waals surface area contributed by atoms with E-state index in [1.165, 1.54) is 12.5 Å². The van der Waals surface area contributed by atoms with Crippen molar-refractivity contribution in [1.82, 2.24) is 36.2 Å². The number of benzene rings is 1. The number of carbonyl (C=O) groups excluding carboxylic acids is 3. The van der Waals surface area contributed by atoms with E-state index in [1.54, 1.807) is 12.3 Å². The molecule has 3 aromatic rings. The van der Waals surface area contributed by atoms with Crippen LogP contribution in [-0.4, -0.2) is 85.5 Å². The highest BCUT2D eigenvalue weighted by atomic mass is 16.4. The number of aromatic nitrogens is 3. The summed E-state index contributed by atoms with van der Waals surface area (Å²) in [6.45, 7) is 0.666. The van der Waals surface area contributed by atoms with Crippen molar-refractivity contribution in [2.75, 3.05) is 6.54 Å². The van der Waals surface area contributed by atoms with Crippen LogP contribution in [0.3, 0.4) is 0 Å². The quantitative estimate of drug-likeness (QED) is 0.136. The number of para-hydroxylation sites is 1. The predicted octanol–water partition coefficient (Wildman–Crippen LogP) is -0.558. The summed E-state index contributed by atoms with van der Waals surface area (Å²) in [6.07, 6.45) is 5.06. The van der Waals surface area contributed by atoms with Crippen LogP contribution in [0.4, 0.5) is 0 Å². The molecule has 4 rings (SSSR count). The van der Waals surface area contributed by atoms with Gasteiger partial charge in [-0.25, -0.2) is 9.78 Å². The van der Waals surface area contributed by atoms with Crippen LogP contribution >= 0.6 is 0 Å². The molecular formula is C26H31N7O7. The minimum absolute atomic E-state index is 0.00399. The van der Waals surface area contributed by atoms with Crippen LogP contribution < -0.4 is 21.3 Å². The molecule has 1 saturated heterocycles. The summed E-state index contributed by atoms with van der Waals surface area (Å²) in [5.41, 5.74) is 1.97. The molecule has 1 aliphatic heterocycles. The summed E-state index contributed by atoms with van der Waals surface area (Å²) in [6, 6.07) is 2.64. The Bertz CT molecular complexity index is 1360. The average molecular weight is 554 g/mol. The zero-order valence-electron chi connectivity index (χ0n) is 21.5. The minimum Gasteiger partial charge on any atom is -0.481 e. The number of aliphatic carboxylic acids is 2. The molecule has 1 aromatic carbocycles. The number of hydrogen-bond acceptors (Lipinski definition) is 7. The molecule has 40 heavy (non-hydrogen) atoms. The number of amides is 3. The number of carbonyl (C=O) groups is 5. The molecule has 212 valence electrons. The molecule has 4 atom stereocenters. The number of fused-ring (bicyclic) bond motifs is 1. The van der Waals surface area contributed by atoms with E-state index in [4.69, 9.17) is 0 Å². The topological polar surface area (TPSA) is 218 Å². The second kappa shape index (κ2) is 12.9. The van der Waals surface area contributed by atoms with Gasteiger partial charge in [-0.1, -0.05) is 18.2 Å². The van der Waals surface area contributed by atoms with Crippen molar-refractivity contribution in [3.05, 3.63) is 54.2 Å². The maximum Gasteiger partial charge on any atom is 0.326 e. The van der Waals surface area contributed by atoms with Crippen molar-refractivity contribution < 1.29 is 34.2 Å². The lowest BCUT2D eigenvalue weighted by molar-refractivity contribution is -0.143. The van der Waals surface area contributed by atoms with Crippen LogP contribution in [0.25, 0.3) is 10.9 Å². The summed E-state index contributed by atoms with van der Waals surface area (Å²) >= 11 is 0. The molecule has 0 spiro atoms. The van der Waals surface area contributed by atoms with E-state index in [-0.39, 0.29) is 12.8 Å². The number of nitrogens with one attached hydrogen (secondary N) is 6. The van der Waals surface area contributed by atoms with Crippen molar-refractivity contribution in [3.8, 4) is 0 Å². The zero-order valence-corrected chi connectivity index (χ0v) is 21.5. The van der Waals surface area contributed by atoms with Gasteiger partial charge in [0.15, 0.2) is 0 Å². The lowest BCUT2D eigenvalue weighted by Crippen LogP contribution is -2.58. The van der Waals surface area contributed by atoms with Gasteiger partial charge in [-0.15, -0.1) is 0 Å². The van der Waals surface area contributed by atoms with Gasteiger partial charge < -0.3 is 41.4 Å². The molecule has 8 N–H and O–H groups in total. The third-order valence-corrected chi connectivity index (χ3v) is 6.71. The fourth-order valence-corrected chi connectivity index (χ4v) is 4.66. The largest absolute Gasteiger partial charge is 0.481 e. The Kier molecular flexibility index (Phi) is 9.11. The van der Waals surface area contributed by atoms with Crippen molar-refractivity contribution in [2.24, 2.45) is 0 Å². The number of carboxylic acids is 2. The predicted molar refractivity (Wildman–Crippen MR) is 141 cm³/mol. The second-order valence-electron chi connectivity index (χ2n) is 9.61. The van der Waals surface area contributed by atoms with Crippen molar-refractivity contribution >= 4 is 40.6 Å². The van der Waals surface area contributed by atoms with E-state index in [1.807, 2.05) is 18.2 Å². The van der Waals surface area contributed by atoms with Gasteiger partial charge in [-0.3, -0.25) is 19.2 Å². The Morgan fingerprint density at radius 3 is 2.38 bits per heavy atom. The maximum atomic E-state index is 13.3. The molecule has 14 heteroatoms. The first kappa shape index (κ1) is 28.3. The number of imidazole rings is 1. The minimum atomic E-state index is -1.60. The summed E-state index contributed by atoms with van der Waals surface area (Å²) in [5, 5.41) is 30.4. The van der Waals surface area contributed by atoms with Gasteiger partial charge in [0, 0.05) is 41.8 Å². The molecule has 3 heterocycles. The normalized spacial score (nSPS) is 17.1. The molecule has 0 aliphatic carbocycles. The molecule has 0 bridgehead atoms. The zero-order chi connectivity index (χ0) is 28.6. The van der Waals surface area contributed by atoms with Crippen molar-refractivity contribution in [3.63, 3.8) is 0 Å². The molecule has 4 unspecified atom stereocenters. The number of carboxylic acid groups (broad SMARTS) is 2. The Hall–Kier alpha value is -4.72. The fourth-order valence-electron chi connectivity index (χ4n) is 4.66. The number of aromatic amines is 2. The number of hydrogen-bond donors (Lipinski definition) is 8. The first-order chi connectivity index (χ1) is 19.2. The van der Waals surface area contributed by atoms with E-state index < -0.39 is 60.2 Å². The number of rotatable bonds is 13. The first-order valence-electron chi connectivity index (χ1n) is 12.8. The molecule has 0 radical (unpaired) electrons. The lowest BCUT2D eigenvalue weighted by Gasteiger charge is -2.24. The van der Waals surface area contributed by atoms with E-state index in [0.717, 1.165) is 17.3 Å². The maximum absolute atomic E-state index is 13.3. The van der Waals surface area contributed by atoms with Gasteiger partial charge >= 0.3 is 11.9 Å². The van der Waals surface area contributed by atoms with Crippen molar-refractivity contribution in [1.29, 1.82) is 0 Å². The van der Waals surface area contributed by atoms with Crippen LogP contribution in [0.5, 0.6) is 0 Å². The molecule has 2 aromatic heterocycles. The molecular weight excluding hydrogens is 522 g/mol. The summed E-state index contributed by atoms with van der Waals surface area (Å²) in [7, 11) is 0. The van der Waals surface area contributed by atoms with Gasteiger partial charge in [-0.2, -0.15) is 0 Å². The Morgan fingerprint density at radius 2 is 1.70 bits per heavy atom. The Balaban J connectivity index is 1.47. The molecule has 1 fully saturated rings. The van der Waals surface area contributed by atoms with Crippen LogP contribution in [0, 0.1) is 0 Å². The SMILES string of the molecule is O=C(O)CC(NC(=O)C(Cc1cnc[nH]1)NC(=O)C1CCCN1)C(=O)NC(Cc1c[nH]c2ccccc12)C(=O)O. The molecule has 3 amide bonds. The van der Waals surface area contributed by atoms with Crippen LogP contribution in [0.1, 0.15) is 30.5 Å². The standard InChI is InChI=1S/C26H31N7O7/c34-22(35)10-20(25(38)33-21(26(39)40)8-14-11-29-17-5-2-1-4-16(14)17)32-24(37)19(9-15-12-27-13-30-15)31-23(36)18-6-3-7-28-18/h1-2,4-5,11-13,18-21,28-29H,3,6-10H2,(H,27,30)(H,31,36)(H,32,37)(H,33,38)(H,34,35)(H,39,40). The lowest BCUT2D eigenvalue weighted by atomic mass is 10.0. The van der Waals surface area contributed by atoms with Gasteiger partial charge in [0.25, 0.3) is 0 Å². The second-order valence-corrected chi connectivity index (χ2v) is 9.61. The molecule has 14 nitrogen and oxygen atoms in total. The summed E-state index contributed by atoms with van der Waals surface area (Å²) < 4.78 is 0. The third kappa shape index (κ3) is 7.22. The highest BCUT2D eigenvalue weighted by molar-refractivity contribution is 5.96. The van der Waals surface area contributed by atoms with Gasteiger partial charge in [0.1, 0.15) is 18.1 Å². The van der Waals surface area contributed by atoms with Gasteiger partial charge in [0.2, 0.25) is 17.7 Å². The number of H-pyrrole nitrogens is 2. The van der Waals surface area contributed by atoms with Crippen molar-refractivity contribution in [2.45, 2.75) is 56.3 Å². The Morgan fingerprint density at radius 1 is 0.950 bits per heavy atom. The third-order valence-electron chi connectivity index (χ3n) is 6.71. The van der Waals surface area contributed by atoms with Crippen LogP contribution in [0.2, 0.25) is 0 Å². The fraction of sp³-hybridized carbons (Fsp3) is 0.385. The van der Waals surface area contributed by atoms with E-state index in [2.05, 4.69) is 36.2 Å².